The minimum atomic E-state index is -4.62. The number of carbonyl (C=O) groups excluding carboxylic acids is 2. The molecule has 0 aromatic heterocycles. The lowest BCUT2D eigenvalue weighted by Gasteiger charge is -2.20. The fourth-order valence-electron chi connectivity index (χ4n) is 1.68. The lowest BCUT2D eigenvalue weighted by molar-refractivity contribution is -0.142. The Bertz CT molecular complexity index is 616. The van der Waals surface area contributed by atoms with Crippen LogP contribution in [0, 0.1) is 0 Å². The van der Waals surface area contributed by atoms with E-state index in [1.807, 2.05) is 5.32 Å². The predicted octanol–water partition coefficient (Wildman–Crippen LogP) is -4.06. The van der Waals surface area contributed by atoms with Gasteiger partial charge in [0, 0.05) is 6.54 Å². The fourth-order valence-corrected chi connectivity index (χ4v) is 2.34. The summed E-state index contributed by atoms with van der Waals surface area (Å²) in [5, 5.41) is 13.2. The largest absolute Gasteiger partial charge is 0.480 e. The van der Waals surface area contributed by atoms with Gasteiger partial charge in [0.05, 0.1) is 6.54 Å². The third-order valence-corrected chi connectivity index (χ3v) is 3.53. The maximum absolute atomic E-state index is 12.1. The maximum atomic E-state index is 12.1. The second kappa shape index (κ2) is 10.4. The normalized spacial score (nSPS) is 13.4. The molecule has 14 heteroatoms. The van der Waals surface area contributed by atoms with Gasteiger partial charge in [0.25, 0.3) is 10.1 Å². The first-order chi connectivity index (χ1) is 11.5. The highest BCUT2D eigenvalue weighted by molar-refractivity contribution is 7.85. The van der Waals surface area contributed by atoms with E-state index in [9.17, 15) is 22.8 Å². The number of carboxylic acid groups (broad SMARTS) is 1. The number of aliphatic carboxylic acids is 1. The van der Waals surface area contributed by atoms with Crippen LogP contribution in [0.3, 0.4) is 0 Å². The van der Waals surface area contributed by atoms with E-state index in [4.69, 9.17) is 26.9 Å². The van der Waals surface area contributed by atoms with Crippen molar-refractivity contribution in [2.45, 2.75) is 24.9 Å². The fraction of sp³-hybridized carbons (Fsp3) is 0.636. The number of guanidine groups is 1. The van der Waals surface area contributed by atoms with Crippen molar-refractivity contribution in [2.24, 2.45) is 22.2 Å². The van der Waals surface area contributed by atoms with E-state index in [1.165, 1.54) is 0 Å². The predicted molar refractivity (Wildman–Crippen MR) is 86.9 cm³/mol. The monoisotopic (exact) mass is 382 g/mol. The quantitative estimate of drug-likeness (QED) is 0.0788. The van der Waals surface area contributed by atoms with E-state index < -0.39 is 52.3 Å². The van der Waals surface area contributed by atoms with Crippen LogP contribution >= 0.6 is 0 Å². The standard InChI is InChI=1S/C11H22N6O7S/c12-4-8(18)16-7(5-25(22,23)24)9(19)17-6(10(20)21)2-1-3-15-11(13)14/h6-7H,1-5,12H2,(H,16,18)(H,17,19)(H,20,21)(H4,13,14,15)(H,22,23,24)/t6-,7-/m0/s1. The number of hydrogen-bond acceptors (Lipinski definition) is 7. The smallest absolute Gasteiger partial charge is 0.326 e. The van der Waals surface area contributed by atoms with Crippen LogP contribution in [0.15, 0.2) is 4.99 Å². The van der Waals surface area contributed by atoms with Crippen LogP contribution in [0.25, 0.3) is 0 Å². The minimum absolute atomic E-state index is 0.0543. The molecule has 0 aromatic rings. The SMILES string of the molecule is NCC(=O)N[C@@H](CS(=O)(=O)O)C(=O)N[C@@H](CCCN=C(N)N)C(=O)O. The molecule has 0 aromatic carbocycles. The maximum Gasteiger partial charge on any atom is 0.326 e. The molecule has 0 aliphatic carbocycles. The Balaban J connectivity index is 4.96. The molecule has 0 heterocycles. The first-order valence-electron chi connectivity index (χ1n) is 6.99. The average Bonchev–Trinajstić information content (AvgIpc) is 2.47. The van der Waals surface area contributed by atoms with Crippen LogP contribution in [-0.4, -0.2) is 72.7 Å². The molecule has 0 aliphatic heterocycles. The summed E-state index contributed by atoms with van der Waals surface area (Å²) in [5.74, 6) is -4.65. The molecule has 0 spiro atoms. The second-order valence-electron chi connectivity index (χ2n) is 4.92. The van der Waals surface area contributed by atoms with Gasteiger partial charge < -0.3 is 32.9 Å². The molecule has 0 radical (unpaired) electrons. The molecule has 0 unspecified atom stereocenters. The summed E-state index contributed by atoms with van der Waals surface area (Å²) >= 11 is 0. The molecule has 13 nitrogen and oxygen atoms in total. The van der Waals surface area contributed by atoms with Gasteiger partial charge in [0.15, 0.2) is 5.96 Å². The number of carboxylic acids is 1. The van der Waals surface area contributed by atoms with E-state index in [0.29, 0.717) is 0 Å². The van der Waals surface area contributed by atoms with Gasteiger partial charge in [-0.1, -0.05) is 0 Å². The Morgan fingerprint density at radius 1 is 1.12 bits per heavy atom. The highest BCUT2D eigenvalue weighted by Crippen LogP contribution is 2.01. The van der Waals surface area contributed by atoms with Crippen molar-refractivity contribution in [3.05, 3.63) is 0 Å². The number of carbonyl (C=O) groups is 3. The van der Waals surface area contributed by atoms with Gasteiger partial charge in [0.1, 0.15) is 17.8 Å². The molecule has 0 aliphatic rings. The molecule has 25 heavy (non-hydrogen) atoms. The van der Waals surface area contributed by atoms with Crippen molar-refractivity contribution < 1.29 is 32.5 Å². The molecule has 0 saturated heterocycles. The summed E-state index contributed by atoms with van der Waals surface area (Å²) in [6.45, 7) is -0.406. The second-order valence-corrected chi connectivity index (χ2v) is 6.42. The van der Waals surface area contributed by atoms with Crippen LogP contribution in [0.4, 0.5) is 0 Å². The number of nitrogens with two attached hydrogens (primary N) is 3. The van der Waals surface area contributed by atoms with Crippen LogP contribution in [0.2, 0.25) is 0 Å². The van der Waals surface area contributed by atoms with Crippen LogP contribution in [-0.2, 0) is 24.5 Å². The van der Waals surface area contributed by atoms with E-state index in [2.05, 4.69) is 10.3 Å². The number of amides is 2. The molecule has 0 rings (SSSR count). The molecule has 0 fully saturated rings. The number of aliphatic imine (C=N–C) groups is 1. The topological polar surface area (TPSA) is 240 Å². The van der Waals surface area contributed by atoms with Crippen LogP contribution in [0.5, 0.6) is 0 Å². The summed E-state index contributed by atoms with van der Waals surface area (Å²) in [7, 11) is -4.62. The Kier molecular flexibility index (Phi) is 9.40. The molecule has 2 amide bonds. The van der Waals surface area contributed by atoms with Gasteiger partial charge in [-0.25, -0.2) is 4.79 Å². The van der Waals surface area contributed by atoms with Crippen LogP contribution in [0.1, 0.15) is 12.8 Å². The molecule has 0 bridgehead atoms. The van der Waals surface area contributed by atoms with Crippen molar-refractivity contribution >= 4 is 33.9 Å². The van der Waals surface area contributed by atoms with Crippen molar-refractivity contribution in [3.8, 4) is 0 Å². The molecule has 144 valence electrons. The van der Waals surface area contributed by atoms with Crippen molar-refractivity contribution in [3.63, 3.8) is 0 Å². The number of nitrogens with zero attached hydrogens (tertiary/aromatic N) is 1. The highest BCUT2D eigenvalue weighted by Gasteiger charge is 2.29. The Labute approximate surface area is 143 Å². The zero-order valence-electron chi connectivity index (χ0n) is 13.2. The van der Waals surface area contributed by atoms with E-state index in [1.54, 1.807) is 0 Å². The van der Waals surface area contributed by atoms with E-state index in [-0.39, 0.29) is 25.3 Å². The van der Waals surface area contributed by atoms with Gasteiger partial charge in [-0.3, -0.25) is 19.1 Å². The minimum Gasteiger partial charge on any atom is -0.480 e. The zero-order chi connectivity index (χ0) is 19.6. The Hall–Kier alpha value is -2.45. The first kappa shape index (κ1) is 22.6. The van der Waals surface area contributed by atoms with E-state index >= 15 is 0 Å². The van der Waals surface area contributed by atoms with Gasteiger partial charge in [-0.05, 0) is 12.8 Å². The number of rotatable bonds is 11. The summed E-state index contributed by atoms with van der Waals surface area (Å²) in [5.41, 5.74) is 15.3. The van der Waals surface area contributed by atoms with Crippen molar-refractivity contribution in [2.75, 3.05) is 18.8 Å². The third-order valence-electron chi connectivity index (χ3n) is 2.77. The van der Waals surface area contributed by atoms with Crippen molar-refractivity contribution in [1.82, 2.24) is 10.6 Å². The lowest BCUT2D eigenvalue weighted by Crippen LogP contribution is -2.55. The number of nitrogens with one attached hydrogen (secondary N) is 2. The lowest BCUT2D eigenvalue weighted by atomic mass is 10.1. The van der Waals surface area contributed by atoms with Gasteiger partial charge >= 0.3 is 5.97 Å². The Morgan fingerprint density at radius 2 is 1.72 bits per heavy atom. The van der Waals surface area contributed by atoms with Crippen molar-refractivity contribution in [1.29, 1.82) is 0 Å². The summed E-state index contributed by atoms with van der Waals surface area (Å²) in [4.78, 5) is 38.1. The average molecular weight is 382 g/mol. The molecule has 10 N–H and O–H groups in total. The Morgan fingerprint density at radius 3 is 2.16 bits per heavy atom. The third kappa shape index (κ3) is 10.9. The van der Waals surface area contributed by atoms with Gasteiger partial charge in [-0.2, -0.15) is 8.42 Å². The zero-order valence-corrected chi connectivity index (χ0v) is 14.0. The molecule has 2 atom stereocenters. The summed E-state index contributed by atoms with van der Waals surface area (Å²) in [6.07, 6.45) is 0.161. The molecule has 0 saturated carbocycles. The highest BCUT2D eigenvalue weighted by atomic mass is 32.2. The molecular formula is C11H22N6O7S. The summed E-state index contributed by atoms with van der Waals surface area (Å²) < 4.78 is 30.7. The van der Waals surface area contributed by atoms with Crippen LogP contribution < -0.4 is 27.8 Å². The summed E-state index contributed by atoms with van der Waals surface area (Å²) in [6, 6.07) is -3.08. The number of hydrogen-bond donors (Lipinski definition) is 7. The van der Waals surface area contributed by atoms with Gasteiger partial charge in [0.2, 0.25) is 11.8 Å². The van der Waals surface area contributed by atoms with Gasteiger partial charge in [-0.15, -0.1) is 0 Å². The molecular weight excluding hydrogens is 360 g/mol. The first-order valence-corrected chi connectivity index (χ1v) is 8.60. The van der Waals surface area contributed by atoms with E-state index in [0.717, 1.165) is 0 Å².